The molecule has 0 atom stereocenters. The van der Waals surface area contributed by atoms with Crippen LogP contribution in [0.1, 0.15) is 6.92 Å². The smallest absolute Gasteiger partial charge is 0.0739 e. The third-order valence-corrected chi connectivity index (χ3v) is 3.97. The van der Waals surface area contributed by atoms with Crippen molar-refractivity contribution in [2.24, 2.45) is 5.73 Å². The fourth-order valence-electron chi connectivity index (χ4n) is 0.250. The van der Waals surface area contributed by atoms with Crippen molar-refractivity contribution in [2.45, 2.75) is 26.6 Å². The first-order valence-electron chi connectivity index (χ1n) is 2.87. The van der Waals surface area contributed by atoms with Crippen molar-refractivity contribution in [3.63, 3.8) is 0 Å². The molecule has 0 rings (SSSR count). The Morgan fingerprint density at radius 2 is 1.75 bits per heavy atom. The average Bonchev–Trinajstić information content (AvgIpc) is 1.62. The zero-order chi connectivity index (χ0) is 6.78. The Labute approximate surface area is 52.6 Å². The molecule has 0 saturated carbocycles. The maximum Gasteiger partial charge on any atom is 0.0739 e. The second kappa shape index (κ2) is 2.35. The summed E-state index contributed by atoms with van der Waals surface area (Å²) in [5.74, 6) is 0. The molecule has 0 heterocycles. The van der Waals surface area contributed by atoms with Gasteiger partial charge in [-0.25, -0.2) is 0 Å². The van der Waals surface area contributed by atoms with Gasteiger partial charge in [0.15, 0.2) is 0 Å². The van der Waals surface area contributed by atoms with Crippen molar-refractivity contribution in [3.8, 4) is 0 Å². The second-order valence-corrected chi connectivity index (χ2v) is 8.39. The second-order valence-electron chi connectivity index (χ2n) is 3.10. The van der Waals surface area contributed by atoms with Gasteiger partial charge in [-0.1, -0.05) is 24.8 Å². The lowest BCUT2D eigenvalue weighted by Gasteiger charge is -2.15. The third-order valence-electron chi connectivity index (χ3n) is 1.43. The number of hydrogen-bond donors (Lipinski definition) is 1. The molecule has 0 spiro atoms. The van der Waals surface area contributed by atoms with Crippen LogP contribution in [0.2, 0.25) is 19.6 Å². The van der Waals surface area contributed by atoms with E-state index in [0.29, 0.717) is 0 Å². The Hall–Kier alpha value is -0.243. The standard InChI is InChI=1S/C6H15NSi/c1-6(5-7)8(2,3)4/h5H,7H2,1-4H3/b6-5+. The normalized spacial score (nSPS) is 14.2. The Kier molecular flexibility index (Phi) is 2.28. The van der Waals surface area contributed by atoms with Crippen LogP contribution >= 0.6 is 0 Å². The fourth-order valence-corrected chi connectivity index (χ4v) is 0.750. The van der Waals surface area contributed by atoms with Gasteiger partial charge in [-0.15, -0.1) is 0 Å². The molecule has 0 aliphatic heterocycles. The Balaban J connectivity index is 4.03. The van der Waals surface area contributed by atoms with E-state index in [2.05, 4.69) is 26.6 Å². The minimum atomic E-state index is -1.02. The van der Waals surface area contributed by atoms with Crippen molar-refractivity contribution in [2.75, 3.05) is 0 Å². The van der Waals surface area contributed by atoms with E-state index >= 15 is 0 Å². The highest BCUT2D eigenvalue weighted by Gasteiger charge is 2.13. The van der Waals surface area contributed by atoms with Gasteiger partial charge in [-0.05, 0) is 13.1 Å². The Morgan fingerprint density at radius 3 is 1.75 bits per heavy atom. The van der Waals surface area contributed by atoms with E-state index in [9.17, 15) is 0 Å². The third kappa shape index (κ3) is 2.16. The number of rotatable bonds is 1. The van der Waals surface area contributed by atoms with Crippen molar-refractivity contribution < 1.29 is 0 Å². The van der Waals surface area contributed by atoms with Gasteiger partial charge in [-0.2, -0.15) is 0 Å². The summed E-state index contributed by atoms with van der Waals surface area (Å²) >= 11 is 0. The van der Waals surface area contributed by atoms with Crippen molar-refractivity contribution >= 4 is 8.07 Å². The predicted octanol–water partition coefficient (Wildman–Crippen LogP) is 1.73. The Morgan fingerprint density at radius 1 is 1.38 bits per heavy atom. The lowest BCUT2D eigenvalue weighted by atomic mass is 10.7. The van der Waals surface area contributed by atoms with Crippen molar-refractivity contribution in [1.29, 1.82) is 0 Å². The highest BCUT2D eigenvalue weighted by Crippen LogP contribution is 2.10. The van der Waals surface area contributed by atoms with Gasteiger partial charge in [0.25, 0.3) is 0 Å². The van der Waals surface area contributed by atoms with Crippen molar-refractivity contribution in [3.05, 3.63) is 11.4 Å². The van der Waals surface area contributed by atoms with E-state index < -0.39 is 8.07 Å². The molecular formula is C6H15NSi. The van der Waals surface area contributed by atoms with Crippen LogP contribution in [-0.2, 0) is 0 Å². The SMILES string of the molecule is C/C(=C\N)[Si](C)(C)C. The number of hydrogen-bond acceptors (Lipinski definition) is 1. The molecule has 0 amide bonds. The summed E-state index contributed by atoms with van der Waals surface area (Å²) in [4.78, 5) is 0. The molecule has 0 aliphatic rings. The molecule has 0 saturated heterocycles. The van der Waals surface area contributed by atoms with Gasteiger partial charge in [0.05, 0.1) is 8.07 Å². The van der Waals surface area contributed by atoms with Crippen LogP contribution in [0, 0.1) is 0 Å². The van der Waals surface area contributed by atoms with Gasteiger partial charge in [0, 0.05) is 0 Å². The predicted molar refractivity (Wildman–Crippen MR) is 41.3 cm³/mol. The van der Waals surface area contributed by atoms with Gasteiger partial charge in [-0.3, -0.25) is 0 Å². The molecule has 48 valence electrons. The summed E-state index contributed by atoms with van der Waals surface area (Å²) in [6.45, 7) is 8.95. The van der Waals surface area contributed by atoms with E-state index in [1.54, 1.807) is 6.20 Å². The van der Waals surface area contributed by atoms with Crippen LogP contribution in [0.3, 0.4) is 0 Å². The van der Waals surface area contributed by atoms with E-state index in [1.165, 1.54) is 5.20 Å². The van der Waals surface area contributed by atoms with Crippen LogP contribution in [0.15, 0.2) is 11.4 Å². The largest absolute Gasteiger partial charge is 0.405 e. The van der Waals surface area contributed by atoms with Crippen LogP contribution in [-0.4, -0.2) is 8.07 Å². The molecule has 0 radical (unpaired) electrons. The summed E-state index contributed by atoms with van der Waals surface area (Å²) in [7, 11) is -1.02. The lowest BCUT2D eigenvalue weighted by Crippen LogP contribution is -2.22. The first-order valence-corrected chi connectivity index (χ1v) is 6.37. The minimum Gasteiger partial charge on any atom is -0.405 e. The monoisotopic (exact) mass is 129 g/mol. The quantitative estimate of drug-likeness (QED) is 0.536. The van der Waals surface area contributed by atoms with E-state index in [-0.39, 0.29) is 0 Å². The molecule has 0 fully saturated rings. The molecule has 2 heteroatoms. The molecule has 1 nitrogen and oxygen atoms in total. The highest BCUT2D eigenvalue weighted by molar-refractivity contribution is 6.82. The zero-order valence-corrected chi connectivity index (χ0v) is 7.15. The lowest BCUT2D eigenvalue weighted by molar-refractivity contribution is 1.45. The van der Waals surface area contributed by atoms with E-state index in [0.717, 1.165) is 0 Å². The van der Waals surface area contributed by atoms with E-state index in [4.69, 9.17) is 5.73 Å². The Bertz CT molecular complexity index is 99.6. The number of nitrogens with two attached hydrogens (primary N) is 1. The fraction of sp³-hybridized carbons (Fsp3) is 0.667. The molecule has 0 aromatic heterocycles. The zero-order valence-electron chi connectivity index (χ0n) is 6.15. The molecule has 0 unspecified atom stereocenters. The van der Waals surface area contributed by atoms with Gasteiger partial charge < -0.3 is 5.73 Å². The first kappa shape index (κ1) is 7.76. The average molecular weight is 129 g/mol. The number of allylic oxidation sites excluding steroid dienone is 1. The molecule has 0 aromatic carbocycles. The maximum atomic E-state index is 5.33. The summed E-state index contributed by atoms with van der Waals surface area (Å²) in [6.07, 6.45) is 1.73. The van der Waals surface area contributed by atoms with E-state index in [1.807, 2.05) is 0 Å². The highest BCUT2D eigenvalue weighted by atomic mass is 28.3. The molecule has 8 heavy (non-hydrogen) atoms. The van der Waals surface area contributed by atoms with Crippen molar-refractivity contribution in [1.82, 2.24) is 0 Å². The molecule has 0 bridgehead atoms. The molecule has 2 N–H and O–H groups in total. The summed E-state index contributed by atoms with van der Waals surface area (Å²) in [6, 6.07) is 0. The summed E-state index contributed by atoms with van der Waals surface area (Å²) < 4.78 is 0. The first-order chi connectivity index (χ1) is 3.48. The van der Waals surface area contributed by atoms with Crippen LogP contribution < -0.4 is 5.73 Å². The van der Waals surface area contributed by atoms with Gasteiger partial charge >= 0.3 is 0 Å². The molecule has 0 aromatic rings. The summed E-state index contributed by atoms with van der Waals surface area (Å²) in [5, 5.41) is 1.37. The van der Waals surface area contributed by atoms with Crippen LogP contribution in [0.4, 0.5) is 0 Å². The minimum absolute atomic E-state index is 1.02. The van der Waals surface area contributed by atoms with Crippen LogP contribution in [0.25, 0.3) is 0 Å². The topological polar surface area (TPSA) is 26.0 Å². The maximum absolute atomic E-state index is 5.33. The van der Waals surface area contributed by atoms with Gasteiger partial charge in [0.1, 0.15) is 0 Å². The van der Waals surface area contributed by atoms with Gasteiger partial charge in [0.2, 0.25) is 0 Å². The van der Waals surface area contributed by atoms with Crippen LogP contribution in [0.5, 0.6) is 0 Å². The molecular weight excluding hydrogens is 114 g/mol. The molecule has 0 aliphatic carbocycles. The summed E-state index contributed by atoms with van der Waals surface area (Å²) in [5.41, 5.74) is 5.33.